The van der Waals surface area contributed by atoms with E-state index in [9.17, 15) is 9.59 Å². The fourth-order valence-electron chi connectivity index (χ4n) is 3.41. The number of hydrogen-bond donors (Lipinski definition) is 1. The molecule has 0 spiro atoms. The largest absolute Gasteiger partial charge is 0.454 e. The van der Waals surface area contributed by atoms with Gasteiger partial charge < -0.3 is 14.8 Å². The Hall–Kier alpha value is -3.37. The molecular weight excluding hydrogens is 436 g/mol. The van der Waals surface area contributed by atoms with Crippen molar-refractivity contribution in [3.63, 3.8) is 0 Å². The van der Waals surface area contributed by atoms with Gasteiger partial charge in [0, 0.05) is 13.2 Å². The third kappa shape index (κ3) is 3.43. The number of aromatic nitrogens is 2. The number of ether oxygens (including phenoxy) is 2. The van der Waals surface area contributed by atoms with Crippen molar-refractivity contribution in [2.24, 2.45) is 0 Å². The van der Waals surface area contributed by atoms with E-state index in [1.165, 1.54) is 9.30 Å². The molecule has 0 bridgehead atoms. The van der Waals surface area contributed by atoms with Crippen LogP contribution in [0.3, 0.4) is 0 Å². The monoisotopic (exact) mass is 452 g/mol. The summed E-state index contributed by atoms with van der Waals surface area (Å²) in [6.07, 6.45) is 3.20. The Balaban J connectivity index is 1.48. The molecule has 8 nitrogen and oxygen atoms in total. The maximum absolute atomic E-state index is 13.1. The molecule has 2 aliphatic rings. The summed E-state index contributed by atoms with van der Waals surface area (Å²) in [5.41, 5.74) is 1.42. The summed E-state index contributed by atoms with van der Waals surface area (Å²) in [4.78, 5) is 32.4. The van der Waals surface area contributed by atoms with Crippen molar-refractivity contribution in [1.29, 1.82) is 0 Å². The normalized spacial score (nSPS) is 16.5. The summed E-state index contributed by atoms with van der Waals surface area (Å²) in [6.45, 7) is 0.484. The van der Waals surface area contributed by atoms with Gasteiger partial charge in [0.15, 0.2) is 11.5 Å². The van der Waals surface area contributed by atoms with Gasteiger partial charge in [0.25, 0.3) is 11.5 Å². The van der Waals surface area contributed by atoms with Crippen LogP contribution in [0, 0.1) is 0 Å². The molecule has 5 rings (SSSR count). The molecule has 2 aliphatic heterocycles. The predicted octanol–water partition coefficient (Wildman–Crippen LogP) is 2.87. The lowest BCUT2D eigenvalue weighted by atomic mass is 10.2. The summed E-state index contributed by atoms with van der Waals surface area (Å²) >= 11 is 6.60. The van der Waals surface area contributed by atoms with Crippen molar-refractivity contribution in [3.8, 4) is 11.5 Å². The fourth-order valence-corrected chi connectivity index (χ4v) is 4.65. The van der Waals surface area contributed by atoms with Gasteiger partial charge in [-0.25, -0.2) is 4.98 Å². The lowest BCUT2D eigenvalue weighted by molar-refractivity contribution is -0.122. The second kappa shape index (κ2) is 7.71. The average molecular weight is 453 g/mol. The molecule has 3 aromatic rings. The number of nitrogens with zero attached hydrogens (tertiary/aromatic N) is 3. The van der Waals surface area contributed by atoms with E-state index in [0.717, 1.165) is 17.3 Å². The van der Waals surface area contributed by atoms with Gasteiger partial charge in [0.05, 0.1) is 17.0 Å². The number of fused-ring (bicyclic) bond motifs is 2. The molecule has 4 heterocycles. The molecule has 0 radical (unpaired) electrons. The van der Waals surface area contributed by atoms with E-state index in [1.54, 1.807) is 31.5 Å². The number of rotatable bonds is 4. The lowest BCUT2D eigenvalue weighted by Gasteiger charge is -2.14. The second-order valence-electron chi connectivity index (χ2n) is 6.81. The Bertz CT molecular complexity index is 1330. The van der Waals surface area contributed by atoms with E-state index < -0.39 is 0 Å². The molecule has 10 heteroatoms. The first-order valence-electron chi connectivity index (χ1n) is 9.38. The maximum atomic E-state index is 13.1. The summed E-state index contributed by atoms with van der Waals surface area (Å²) < 4.78 is 12.6. The summed E-state index contributed by atoms with van der Waals surface area (Å²) in [5.74, 6) is 1.47. The van der Waals surface area contributed by atoms with Crippen LogP contribution < -0.4 is 20.3 Å². The highest BCUT2D eigenvalue weighted by Gasteiger charge is 2.33. The smallest absolute Gasteiger partial charge is 0.267 e. The second-order valence-corrected chi connectivity index (χ2v) is 8.49. The van der Waals surface area contributed by atoms with Crippen LogP contribution in [0.25, 0.3) is 11.7 Å². The first-order chi connectivity index (χ1) is 15.0. The zero-order chi connectivity index (χ0) is 21.5. The van der Waals surface area contributed by atoms with Gasteiger partial charge in [-0.05, 0) is 35.9 Å². The third-order valence-electron chi connectivity index (χ3n) is 4.93. The highest BCUT2D eigenvalue weighted by molar-refractivity contribution is 8.26. The molecule has 2 aromatic heterocycles. The topological polar surface area (TPSA) is 85.2 Å². The lowest BCUT2D eigenvalue weighted by Crippen LogP contribution is -2.27. The summed E-state index contributed by atoms with van der Waals surface area (Å²) in [5, 5.41) is 2.94. The van der Waals surface area contributed by atoms with Crippen LogP contribution >= 0.6 is 24.0 Å². The molecule has 0 aliphatic carbocycles. The Morgan fingerprint density at radius 3 is 2.90 bits per heavy atom. The van der Waals surface area contributed by atoms with Crippen LogP contribution in [0.1, 0.15) is 11.1 Å². The molecular formula is C21H16N4O4S2. The van der Waals surface area contributed by atoms with Crippen LogP contribution in [-0.2, 0) is 11.3 Å². The van der Waals surface area contributed by atoms with E-state index in [1.807, 2.05) is 24.3 Å². The fraction of sp³-hybridized carbons (Fsp3) is 0.143. The first kappa shape index (κ1) is 19.6. The molecule has 0 unspecified atom stereocenters. The number of pyridine rings is 1. The van der Waals surface area contributed by atoms with E-state index in [2.05, 4.69) is 10.3 Å². The van der Waals surface area contributed by atoms with Gasteiger partial charge in [-0.3, -0.25) is 18.9 Å². The van der Waals surface area contributed by atoms with Crippen molar-refractivity contribution in [2.45, 2.75) is 6.54 Å². The molecule has 1 fully saturated rings. The average Bonchev–Trinajstić information content (AvgIpc) is 3.35. The van der Waals surface area contributed by atoms with Crippen molar-refractivity contribution in [2.75, 3.05) is 19.2 Å². The number of thiocarbonyl (C=S) groups is 1. The summed E-state index contributed by atoms with van der Waals surface area (Å²) in [6, 6.07) is 10.8. The maximum Gasteiger partial charge on any atom is 0.267 e. The predicted molar refractivity (Wildman–Crippen MR) is 122 cm³/mol. The molecule has 1 N–H and O–H groups in total. The molecule has 1 amide bonds. The number of hydrogen-bond acceptors (Lipinski definition) is 8. The summed E-state index contributed by atoms with van der Waals surface area (Å²) in [7, 11) is 1.68. The van der Waals surface area contributed by atoms with E-state index in [4.69, 9.17) is 21.7 Å². The zero-order valence-electron chi connectivity index (χ0n) is 16.3. The van der Waals surface area contributed by atoms with Gasteiger partial charge >= 0.3 is 0 Å². The van der Waals surface area contributed by atoms with Gasteiger partial charge in [-0.1, -0.05) is 36.1 Å². The first-order valence-corrected chi connectivity index (χ1v) is 10.6. The minimum atomic E-state index is -0.268. The minimum Gasteiger partial charge on any atom is -0.454 e. The molecule has 1 aromatic carbocycles. The number of carbonyl (C=O) groups is 1. The SMILES string of the molecule is CNc1nc2ccccn2c(=O)c1/C=C1\SC(=S)N(Cc2ccc3c(c2)OCO3)C1=O. The van der Waals surface area contributed by atoms with E-state index in [-0.39, 0.29) is 18.3 Å². The number of anilines is 1. The number of thioether (sulfide) groups is 1. The van der Waals surface area contributed by atoms with E-state index in [0.29, 0.717) is 44.3 Å². The quantitative estimate of drug-likeness (QED) is 0.478. The third-order valence-corrected chi connectivity index (χ3v) is 6.31. The van der Waals surface area contributed by atoms with E-state index >= 15 is 0 Å². The number of amides is 1. The Kier molecular flexibility index (Phi) is 4.87. The van der Waals surface area contributed by atoms with Crippen LogP contribution in [0.5, 0.6) is 11.5 Å². The molecule has 31 heavy (non-hydrogen) atoms. The Morgan fingerprint density at radius 1 is 1.23 bits per heavy atom. The number of benzene rings is 1. The molecule has 1 saturated heterocycles. The van der Waals surface area contributed by atoms with Gasteiger partial charge in [-0.2, -0.15) is 0 Å². The highest BCUT2D eigenvalue weighted by atomic mass is 32.2. The van der Waals surface area contributed by atoms with Crippen molar-refractivity contribution in [1.82, 2.24) is 14.3 Å². The van der Waals surface area contributed by atoms with Gasteiger partial charge in [0.1, 0.15) is 15.8 Å². The van der Waals surface area contributed by atoms with Gasteiger partial charge in [0.2, 0.25) is 6.79 Å². The van der Waals surface area contributed by atoms with Crippen LogP contribution in [0.2, 0.25) is 0 Å². The Morgan fingerprint density at radius 2 is 2.06 bits per heavy atom. The van der Waals surface area contributed by atoms with Crippen molar-refractivity contribution >= 4 is 51.7 Å². The Labute approximate surface area is 186 Å². The van der Waals surface area contributed by atoms with Crippen molar-refractivity contribution in [3.05, 3.63) is 69.0 Å². The zero-order valence-corrected chi connectivity index (χ0v) is 18.0. The molecule has 0 atom stereocenters. The minimum absolute atomic E-state index is 0.186. The number of nitrogens with one attached hydrogen (secondary N) is 1. The van der Waals surface area contributed by atoms with Crippen LogP contribution in [0.15, 0.2) is 52.3 Å². The standard InChI is InChI=1S/C21H16N4O4S2/c1-22-18-13(19(26)24-7-3-2-4-17(24)23-18)9-16-20(27)25(21(30)31-16)10-12-5-6-14-15(8-12)29-11-28-14/h2-9,22H,10-11H2,1H3/b16-9-. The molecule has 156 valence electrons. The number of carbonyl (C=O) groups excluding carboxylic acids is 1. The van der Waals surface area contributed by atoms with Crippen LogP contribution in [0.4, 0.5) is 5.82 Å². The molecule has 0 saturated carbocycles. The van der Waals surface area contributed by atoms with Crippen molar-refractivity contribution < 1.29 is 14.3 Å². The van der Waals surface area contributed by atoms with Gasteiger partial charge in [-0.15, -0.1) is 0 Å². The highest BCUT2D eigenvalue weighted by Crippen LogP contribution is 2.36. The van der Waals surface area contributed by atoms with Crippen LogP contribution in [-0.4, -0.2) is 38.4 Å².